The summed E-state index contributed by atoms with van der Waals surface area (Å²) < 4.78 is 5.93. The van der Waals surface area contributed by atoms with Gasteiger partial charge in [-0.05, 0) is 23.8 Å². The summed E-state index contributed by atoms with van der Waals surface area (Å²) in [6, 6.07) is 19.1. The van der Waals surface area contributed by atoms with Crippen LogP contribution in [-0.2, 0) is 11.3 Å². The van der Waals surface area contributed by atoms with Gasteiger partial charge >= 0.3 is 0 Å². The molecule has 26 heavy (non-hydrogen) atoms. The molecule has 3 N–H and O–H groups in total. The van der Waals surface area contributed by atoms with Gasteiger partial charge in [-0.2, -0.15) is 0 Å². The second-order valence-corrected chi connectivity index (χ2v) is 6.34. The third kappa shape index (κ3) is 3.32. The van der Waals surface area contributed by atoms with Crippen molar-refractivity contribution in [3.8, 4) is 17.0 Å². The van der Waals surface area contributed by atoms with Crippen LogP contribution in [0.1, 0.15) is 5.56 Å². The Labute approximate surface area is 151 Å². The topological polar surface area (TPSA) is 84.5 Å². The highest BCUT2D eigenvalue weighted by Gasteiger charge is 2.29. The van der Waals surface area contributed by atoms with Crippen LogP contribution in [0.25, 0.3) is 11.3 Å². The van der Waals surface area contributed by atoms with Gasteiger partial charge in [-0.15, -0.1) is 10.2 Å². The van der Waals surface area contributed by atoms with Gasteiger partial charge in [-0.3, -0.25) is 0 Å². The number of rotatable bonds is 5. The Bertz CT molecular complexity index is 895. The number of para-hydroxylation sites is 1. The van der Waals surface area contributed by atoms with Crippen LogP contribution in [-0.4, -0.2) is 34.5 Å². The molecule has 6 nitrogen and oxygen atoms in total. The Morgan fingerprint density at radius 1 is 1.04 bits per heavy atom. The van der Waals surface area contributed by atoms with E-state index in [0.29, 0.717) is 23.7 Å². The number of aromatic hydroxyl groups is 1. The first-order valence-electron chi connectivity index (χ1n) is 8.53. The number of aromatic nitrogens is 2. The minimum atomic E-state index is 0.163. The van der Waals surface area contributed by atoms with Crippen LogP contribution in [0, 0.1) is 0 Å². The lowest BCUT2D eigenvalue weighted by Gasteiger charge is -2.40. The molecule has 0 atom stereocenters. The van der Waals surface area contributed by atoms with Crippen molar-refractivity contribution in [2.45, 2.75) is 12.7 Å². The number of phenols is 1. The summed E-state index contributed by atoms with van der Waals surface area (Å²) in [6.45, 7) is 2.11. The molecule has 0 radical (unpaired) electrons. The van der Waals surface area contributed by atoms with Gasteiger partial charge in [0, 0.05) is 18.7 Å². The summed E-state index contributed by atoms with van der Waals surface area (Å²) in [7, 11) is 0. The second-order valence-electron chi connectivity index (χ2n) is 6.34. The summed E-state index contributed by atoms with van der Waals surface area (Å²) in [5, 5.41) is 18.2. The minimum Gasteiger partial charge on any atom is -0.507 e. The van der Waals surface area contributed by atoms with E-state index in [-0.39, 0.29) is 11.9 Å². The first kappa shape index (κ1) is 16.4. The van der Waals surface area contributed by atoms with E-state index in [1.165, 1.54) is 0 Å². The predicted octanol–water partition coefficient (Wildman–Crippen LogP) is 2.84. The molecule has 1 fully saturated rings. The zero-order valence-corrected chi connectivity index (χ0v) is 14.2. The maximum atomic E-state index is 10.0. The normalized spacial score (nSPS) is 14.2. The highest BCUT2D eigenvalue weighted by Crippen LogP contribution is 2.33. The van der Waals surface area contributed by atoms with Gasteiger partial charge < -0.3 is 20.5 Å². The molecule has 0 saturated carbocycles. The Kier molecular flexibility index (Phi) is 4.41. The highest BCUT2D eigenvalue weighted by molar-refractivity contribution is 5.74. The predicted molar refractivity (Wildman–Crippen MR) is 101 cm³/mol. The molecular formula is C20H20N4O2. The Balaban J connectivity index is 1.43. The van der Waals surface area contributed by atoms with Crippen molar-refractivity contribution in [1.29, 1.82) is 0 Å². The highest BCUT2D eigenvalue weighted by atomic mass is 16.5. The third-order valence-electron chi connectivity index (χ3n) is 4.50. The lowest BCUT2D eigenvalue weighted by atomic mass is 10.1. The molecule has 0 aliphatic carbocycles. The SMILES string of the molecule is Nc1nnc(-c2ccccc2O)cc1N1CC(OCc2ccccc2)C1. The van der Waals surface area contributed by atoms with Crippen molar-refractivity contribution >= 4 is 11.5 Å². The number of ether oxygens (including phenoxy) is 1. The molecule has 3 aromatic rings. The lowest BCUT2D eigenvalue weighted by molar-refractivity contribution is 0.0224. The number of nitrogens with zero attached hydrogens (tertiary/aromatic N) is 3. The molecule has 1 aliphatic heterocycles. The largest absolute Gasteiger partial charge is 0.507 e. The van der Waals surface area contributed by atoms with E-state index in [1.807, 2.05) is 30.3 Å². The molecular weight excluding hydrogens is 328 g/mol. The Morgan fingerprint density at radius 2 is 1.77 bits per heavy atom. The fourth-order valence-electron chi connectivity index (χ4n) is 2.99. The van der Waals surface area contributed by atoms with Gasteiger partial charge in [0.15, 0.2) is 5.82 Å². The Morgan fingerprint density at radius 3 is 2.54 bits per heavy atom. The van der Waals surface area contributed by atoms with E-state index in [1.54, 1.807) is 18.2 Å². The monoisotopic (exact) mass is 348 g/mol. The molecule has 0 unspecified atom stereocenters. The van der Waals surface area contributed by atoms with Crippen molar-refractivity contribution in [1.82, 2.24) is 10.2 Å². The molecule has 1 aromatic heterocycles. The molecule has 6 heteroatoms. The number of anilines is 2. The van der Waals surface area contributed by atoms with Crippen molar-refractivity contribution in [2.75, 3.05) is 23.7 Å². The van der Waals surface area contributed by atoms with E-state index < -0.39 is 0 Å². The average molecular weight is 348 g/mol. The lowest BCUT2D eigenvalue weighted by Crippen LogP contribution is -2.52. The molecule has 1 saturated heterocycles. The van der Waals surface area contributed by atoms with Gasteiger partial charge in [-0.1, -0.05) is 42.5 Å². The number of hydrogen-bond donors (Lipinski definition) is 2. The van der Waals surface area contributed by atoms with Crippen LogP contribution >= 0.6 is 0 Å². The molecule has 2 heterocycles. The maximum absolute atomic E-state index is 10.0. The first-order chi connectivity index (χ1) is 12.7. The molecule has 2 aromatic carbocycles. The molecule has 1 aliphatic rings. The smallest absolute Gasteiger partial charge is 0.169 e. The van der Waals surface area contributed by atoms with E-state index in [0.717, 1.165) is 24.3 Å². The molecule has 0 spiro atoms. The van der Waals surface area contributed by atoms with Crippen molar-refractivity contribution < 1.29 is 9.84 Å². The van der Waals surface area contributed by atoms with Gasteiger partial charge in [0.1, 0.15) is 5.75 Å². The summed E-state index contributed by atoms with van der Waals surface area (Å²) in [4.78, 5) is 2.11. The van der Waals surface area contributed by atoms with E-state index in [4.69, 9.17) is 10.5 Å². The standard InChI is InChI=1S/C20H20N4O2/c21-20-18(10-17(22-23-20)16-8-4-5-9-19(16)25)24-11-15(12-24)26-13-14-6-2-1-3-7-14/h1-10,15,25H,11-13H2,(H2,21,23). The van der Waals surface area contributed by atoms with E-state index in [9.17, 15) is 5.11 Å². The zero-order valence-electron chi connectivity index (χ0n) is 14.2. The second kappa shape index (κ2) is 7.01. The number of nitrogen functional groups attached to an aromatic ring is 1. The molecule has 0 bridgehead atoms. The fourth-order valence-corrected chi connectivity index (χ4v) is 2.99. The molecule has 4 rings (SSSR count). The summed E-state index contributed by atoms with van der Waals surface area (Å²) in [5.74, 6) is 0.552. The Hall–Kier alpha value is -3.12. The van der Waals surface area contributed by atoms with Crippen LogP contribution in [0.15, 0.2) is 60.7 Å². The van der Waals surface area contributed by atoms with Crippen LogP contribution < -0.4 is 10.6 Å². The number of hydrogen-bond acceptors (Lipinski definition) is 6. The zero-order chi connectivity index (χ0) is 17.9. The van der Waals surface area contributed by atoms with Crippen molar-refractivity contribution in [3.63, 3.8) is 0 Å². The summed E-state index contributed by atoms with van der Waals surface area (Å²) >= 11 is 0. The number of phenolic OH excluding ortho intramolecular Hbond substituents is 1. The van der Waals surface area contributed by atoms with Gasteiger partial charge in [0.25, 0.3) is 0 Å². The van der Waals surface area contributed by atoms with Crippen LogP contribution in [0.4, 0.5) is 11.5 Å². The van der Waals surface area contributed by atoms with E-state index in [2.05, 4.69) is 27.2 Å². The minimum absolute atomic E-state index is 0.163. The summed E-state index contributed by atoms with van der Waals surface area (Å²) in [5.41, 5.74) is 9.23. The first-order valence-corrected chi connectivity index (χ1v) is 8.53. The van der Waals surface area contributed by atoms with Crippen LogP contribution in [0.3, 0.4) is 0 Å². The fraction of sp³-hybridized carbons (Fsp3) is 0.200. The van der Waals surface area contributed by atoms with Gasteiger partial charge in [0.2, 0.25) is 0 Å². The quantitative estimate of drug-likeness (QED) is 0.737. The van der Waals surface area contributed by atoms with E-state index >= 15 is 0 Å². The van der Waals surface area contributed by atoms with Crippen LogP contribution in [0.5, 0.6) is 5.75 Å². The van der Waals surface area contributed by atoms with Crippen molar-refractivity contribution in [2.24, 2.45) is 0 Å². The summed E-state index contributed by atoms with van der Waals surface area (Å²) in [6.07, 6.45) is 0.163. The van der Waals surface area contributed by atoms with Crippen LogP contribution in [0.2, 0.25) is 0 Å². The third-order valence-corrected chi connectivity index (χ3v) is 4.50. The average Bonchev–Trinajstić information content (AvgIpc) is 2.63. The molecule has 0 amide bonds. The number of nitrogens with two attached hydrogens (primary N) is 1. The number of benzene rings is 2. The molecule has 132 valence electrons. The van der Waals surface area contributed by atoms with Gasteiger partial charge in [-0.25, -0.2) is 0 Å². The maximum Gasteiger partial charge on any atom is 0.169 e. The van der Waals surface area contributed by atoms with Gasteiger partial charge in [0.05, 0.1) is 24.1 Å². The van der Waals surface area contributed by atoms with Crippen molar-refractivity contribution in [3.05, 3.63) is 66.2 Å².